The molecule has 3 N–H and O–H groups in total. The van der Waals surface area contributed by atoms with Gasteiger partial charge < -0.3 is 20.0 Å². The zero-order valence-electron chi connectivity index (χ0n) is 12.0. The molecule has 0 spiro atoms. The fraction of sp³-hybridized carbons (Fsp3) is 0.125. The van der Waals surface area contributed by atoms with Crippen molar-refractivity contribution in [3.05, 3.63) is 58.6 Å². The summed E-state index contributed by atoms with van der Waals surface area (Å²) in [6.07, 6.45) is 3.38. The molecule has 0 saturated heterocycles. The summed E-state index contributed by atoms with van der Waals surface area (Å²) in [4.78, 5) is 29.5. The van der Waals surface area contributed by atoms with Crippen LogP contribution < -0.4 is 15.5 Å². The highest BCUT2D eigenvalue weighted by Gasteiger charge is 2.09. The fourth-order valence-corrected chi connectivity index (χ4v) is 2.21. The Morgan fingerprint density at radius 1 is 1.18 bits per heavy atom. The van der Waals surface area contributed by atoms with Crippen LogP contribution in [0.25, 0.3) is 10.9 Å². The molecule has 1 aromatic carbocycles. The van der Waals surface area contributed by atoms with Crippen molar-refractivity contribution in [2.45, 2.75) is 6.92 Å². The first-order valence-electron chi connectivity index (χ1n) is 6.81. The van der Waals surface area contributed by atoms with Gasteiger partial charge in [0.1, 0.15) is 0 Å². The molecule has 6 nitrogen and oxygen atoms in total. The molecular weight excluding hydrogens is 282 g/mol. The molecule has 0 radical (unpaired) electrons. The van der Waals surface area contributed by atoms with Gasteiger partial charge in [0.25, 0.3) is 5.91 Å². The predicted octanol–water partition coefficient (Wildman–Crippen LogP) is 2.18. The molecule has 22 heavy (non-hydrogen) atoms. The maximum Gasteiger partial charge on any atom is 0.262 e. The van der Waals surface area contributed by atoms with Crippen molar-refractivity contribution in [1.29, 1.82) is 0 Å². The number of ether oxygens (including phenoxy) is 1. The van der Waals surface area contributed by atoms with Crippen LogP contribution in [0.3, 0.4) is 0 Å². The molecule has 3 rings (SSSR count). The Morgan fingerprint density at radius 3 is 2.82 bits per heavy atom. The van der Waals surface area contributed by atoms with E-state index in [2.05, 4.69) is 15.3 Å². The Kier molecular flexibility index (Phi) is 3.65. The van der Waals surface area contributed by atoms with Gasteiger partial charge in [0.2, 0.25) is 5.43 Å². The lowest BCUT2D eigenvalue weighted by molar-refractivity contribution is -0.118. The molecular formula is C16H15N3O3. The van der Waals surface area contributed by atoms with E-state index >= 15 is 0 Å². The number of carbonyl (C=O) groups excluding carboxylic acids is 1. The van der Waals surface area contributed by atoms with Crippen LogP contribution in [0, 0.1) is 6.92 Å². The molecule has 0 bridgehead atoms. The highest BCUT2D eigenvalue weighted by molar-refractivity contribution is 5.94. The number of aryl methyl sites for hydroxylation is 1. The number of hydrogen-bond acceptors (Lipinski definition) is 3. The molecule has 0 atom stereocenters. The van der Waals surface area contributed by atoms with Gasteiger partial charge in [0.05, 0.1) is 5.69 Å². The van der Waals surface area contributed by atoms with E-state index in [1.165, 1.54) is 12.3 Å². The summed E-state index contributed by atoms with van der Waals surface area (Å²) in [5.74, 6) is -0.156. The first kappa shape index (κ1) is 13.9. The molecule has 0 aliphatic heterocycles. The number of hydrogen-bond donors (Lipinski definition) is 3. The van der Waals surface area contributed by atoms with Gasteiger partial charge in [0, 0.05) is 35.1 Å². The number of amides is 1. The van der Waals surface area contributed by atoms with Crippen LogP contribution in [0.4, 0.5) is 5.69 Å². The minimum absolute atomic E-state index is 0.165. The van der Waals surface area contributed by atoms with E-state index in [0.29, 0.717) is 11.4 Å². The van der Waals surface area contributed by atoms with Crippen LogP contribution in [0.15, 0.2) is 47.5 Å². The Labute approximate surface area is 126 Å². The average molecular weight is 297 g/mol. The van der Waals surface area contributed by atoms with Crippen molar-refractivity contribution in [3.8, 4) is 5.75 Å². The maximum absolute atomic E-state index is 11.9. The number of aromatic amines is 2. The number of benzene rings is 1. The third-order valence-corrected chi connectivity index (χ3v) is 3.28. The number of nitrogens with one attached hydrogen (secondary N) is 3. The summed E-state index contributed by atoms with van der Waals surface area (Å²) in [7, 11) is 0. The third kappa shape index (κ3) is 2.85. The Hall–Kier alpha value is -3.02. The Bertz CT molecular complexity index is 879. The van der Waals surface area contributed by atoms with E-state index in [9.17, 15) is 9.59 Å². The van der Waals surface area contributed by atoms with Crippen molar-refractivity contribution in [1.82, 2.24) is 9.97 Å². The standard InChI is InChI=1S/C16H15N3O3/c1-10-16(14(20)5-7-17-10)22-9-15(21)19-12-2-3-13-11(8-12)4-6-18-13/h2-8,18H,9H2,1H3,(H,17,20)(H,19,21). The van der Waals surface area contributed by atoms with E-state index in [0.717, 1.165) is 10.9 Å². The van der Waals surface area contributed by atoms with Crippen molar-refractivity contribution >= 4 is 22.5 Å². The van der Waals surface area contributed by atoms with E-state index < -0.39 is 0 Å². The van der Waals surface area contributed by atoms with Gasteiger partial charge in [-0.25, -0.2) is 0 Å². The van der Waals surface area contributed by atoms with Gasteiger partial charge in [0.15, 0.2) is 12.4 Å². The first-order chi connectivity index (χ1) is 10.6. The number of H-pyrrole nitrogens is 2. The summed E-state index contributed by atoms with van der Waals surface area (Å²) in [6.45, 7) is 1.49. The van der Waals surface area contributed by atoms with Crippen LogP contribution in [-0.2, 0) is 4.79 Å². The molecule has 0 saturated carbocycles. The van der Waals surface area contributed by atoms with Crippen molar-refractivity contribution < 1.29 is 9.53 Å². The number of carbonyl (C=O) groups is 1. The zero-order valence-corrected chi connectivity index (χ0v) is 12.0. The lowest BCUT2D eigenvalue weighted by Crippen LogP contribution is -2.22. The zero-order chi connectivity index (χ0) is 15.5. The lowest BCUT2D eigenvalue weighted by atomic mass is 10.2. The highest BCUT2D eigenvalue weighted by atomic mass is 16.5. The SMILES string of the molecule is Cc1[nH]ccc(=O)c1OCC(=O)Nc1ccc2[nH]ccc2c1. The van der Waals surface area contributed by atoms with Gasteiger partial charge >= 0.3 is 0 Å². The van der Waals surface area contributed by atoms with E-state index in [1.54, 1.807) is 13.0 Å². The minimum atomic E-state index is -0.322. The Morgan fingerprint density at radius 2 is 2.00 bits per heavy atom. The van der Waals surface area contributed by atoms with E-state index in [1.807, 2.05) is 24.4 Å². The lowest BCUT2D eigenvalue weighted by Gasteiger charge is -2.08. The molecule has 2 aromatic heterocycles. The second kappa shape index (κ2) is 5.77. The predicted molar refractivity (Wildman–Crippen MR) is 84.2 cm³/mol. The normalized spacial score (nSPS) is 10.6. The average Bonchev–Trinajstić information content (AvgIpc) is 2.94. The largest absolute Gasteiger partial charge is 0.478 e. The highest BCUT2D eigenvalue weighted by Crippen LogP contribution is 2.17. The molecule has 112 valence electrons. The number of aromatic nitrogens is 2. The topological polar surface area (TPSA) is 87.0 Å². The van der Waals surface area contributed by atoms with Crippen LogP contribution in [0.5, 0.6) is 5.75 Å². The smallest absolute Gasteiger partial charge is 0.262 e. The van der Waals surface area contributed by atoms with Gasteiger partial charge in [-0.3, -0.25) is 9.59 Å². The molecule has 0 unspecified atom stereocenters. The van der Waals surface area contributed by atoms with Crippen molar-refractivity contribution in [3.63, 3.8) is 0 Å². The van der Waals surface area contributed by atoms with Gasteiger partial charge in [-0.05, 0) is 31.2 Å². The summed E-state index contributed by atoms with van der Waals surface area (Å²) in [5, 5.41) is 3.75. The van der Waals surface area contributed by atoms with Crippen LogP contribution in [0.1, 0.15) is 5.69 Å². The van der Waals surface area contributed by atoms with Gasteiger partial charge in [-0.15, -0.1) is 0 Å². The summed E-state index contributed by atoms with van der Waals surface area (Å²) in [6, 6.07) is 8.84. The molecule has 0 fully saturated rings. The molecule has 1 amide bonds. The molecule has 0 aliphatic carbocycles. The van der Waals surface area contributed by atoms with Gasteiger partial charge in [-0.1, -0.05) is 0 Å². The van der Waals surface area contributed by atoms with Gasteiger partial charge in [-0.2, -0.15) is 0 Å². The minimum Gasteiger partial charge on any atom is -0.478 e. The Balaban J connectivity index is 1.66. The number of fused-ring (bicyclic) bond motifs is 1. The van der Waals surface area contributed by atoms with Crippen LogP contribution in [-0.4, -0.2) is 22.5 Å². The molecule has 2 heterocycles. The maximum atomic E-state index is 11.9. The fourth-order valence-electron chi connectivity index (χ4n) is 2.21. The van der Waals surface area contributed by atoms with Crippen LogP contribution in [0.2, 0.25) is 0 Å². The first-order valence-corrected chi connectivity index (χ1v) is 6.81. The number of pyridine rings is 1. The summed E-state index contributed by atoms with van der Waals surface area (Å²) < 4.78 is 5.31. The second-order valence-electron chi connectivity index (χ2n) is 4.91. The third-order valence-electron chi connectivity index (χ3n) is 3.28. The second-order valence-corrected chi connectivity index (χ2v) is 4.91. The molecule has 6 heteroatoms. The molecule has 3 aromatic rings. The summed E-state index contributed by atoms with van der Waals surface area (Å²) >= 11 is 0. The molecule has 0 aliphatic rings. The van der Waals surface area contributed by atoms with E-state index in [-0.39, 0.29) is 23.7 Å². The quantitative estimate of drug-likeness (QED) is 0.690. The van der Waals surface area contributed by atoms with E-state index in [4.69, 9.17) is 4.74 Å². The number of anilines is 1. The van der Waals surface area contributed by atoms with Crippen LogP contribution >= 0.6 is 0 Å². The summed E-state index contributed by atoms with van der Waals surface area (Å²) in [5.41, 5.74) is 2.02. The van der Waals surface area contributed by atoms with Crippen molar-refractivity contribution in [2.75, 3.05) is 11.9 Å². The van der Waals surface area contributed by atoms with Crippen molar-refractivity contribution in [2.24, 2.45) is 0 Å². The number of rotatable bonds is 4. The monoisotopic (exact) mass is 297 g/mol.